The smallest absolute Gasteiger partial charge is 0.244 e. The predicted molar refractivity (Wildman–Crippen MR) is 21.3 cm³/mol. The lowest BCUT2D eigenvalue weighted by atomic mass is 10.3. The van der Waals surface area contributed by atoms with Gasteiger partial charge in [-0.2, -0.15) is 22.0 Å². The van der Waals surface area contributed by atoms with Gasteiger partial charge in [-0.15, -0.1) is 0 Å². The molecule has 0 spiro atoms. The molecule has 0 rings (SSSR count). The van der Waals surface area contributed by atoms with Crippen molar-refractivity contribution in [2.75, 3.05) is 6.67 Å². The quantitative estimate of drug-likeness (QED) is 0.550. The maximum atomic E-state index is 11.5. The SMILES string of the molecule is FCC(F)(F)C(F)=C(F)F. The van der Waals surface area contributed by atoms with Crippen LogP contribution < -0.4 is 0 Å². The molecule has 0 aliphatic heterocycles. The second-order valence-corrected chi connectivity index (χ2v) is 1.41. The van der Waals surface area contributed by atoms with Crippen LogP contribution in [0, 0.1) is 0 Å². The summed E-state index contributed by atoms with van der Waals surface area (Å²) in [5, 5.41) is 0. The molecule has 0 aliphatic carbocycles. The Labute approximate surface area is 52.1 Å². The van der Waals surface area contributed by atoms with Gasteiger partial charge in [0.25, 0.3) is 0 Å². The van der Waals surface area contributed by atoms with Crippen LogP contribution in [0.3, 0.4) is 0 Å². The molecule has 0 aromatic carbocycles. The van der Waals surface area contributed by atoms with Crippen LogP contribution in [0.25, 0.3) is 0 Å². The summed E-state index contributed by atoms with van der Waals surface area (Å²) in [6.07, 6.45) is -3.19. The molecule has 0 amide bonds. The van der Waals surface area contributed by atoms with Crippen molar-refractivity contribution in [1.29, 1.82) is 0 Å². The first-order valence-corrected chi connectivity index (χ1v) is 2.07. The Morgan fingerprint density at radius 2 is 1.50 bits per heavy atom. The first kappa shape index (κ1) is 9.32. The summed E-state index contributed by atoms with van der Waals surface area (Å²) in [5.41, 5.74) is 0. The summed E-state index contributed by atoms with van der Waals surface area (Å²) >= 11 is 0. The summed E-state index contributed by atoms with van der Waals surface area (Å²) in [5.74, 6) is -7.69. The van der Waals surface area contributed by atoms with E-state index in [9.17, 15) is 26.3 Å². The summed E-state index contributed by atoms with van der Waals surface area (Å²) < 4.78 is 67.4. The molecule has 60 valence electrons. The van der Waals surface area contributed by atoms with Crippen molar-refractivity contribution in [1.82, 2.24) is 0 Å². The molecule has 0 fully saturated rings. The maximum absolute atomic E-state index is 11.5. The summed E-state index contributed by atoms with van der Waals surface area (Å²) in [6.45, 7) is -2.46. The standard InChI is InChI=1S/C4H2F6/c5-1-4(9,10)2(6)3(7)8/h1H2. The monoisotopic (exact) mass is 164 g/mol. The highest BCUT2D eigenvalue weighted by Crippen LogP contribution is 2.29. The molecule has 0 N–H and O–H groups in total. The Hall–Kier alpha value is -0.680. The van der Waals surface area contributed by atoms with Crippen LogP contribution in [-0.4, -0.2) is 12.6 Å². The highest BCUT2D eigenvalue weighted by atomic mass is 19.3. The van der Waals surface area contributed by atoms with Crippen molar-refractivity contribution < 1.29 is 26.3 Å². The molecule has 0 aromatic rings. The van der Waals surface area contributed by atoms with Crippen LogP contribution >= 0.6 is 0 Å². The number of rotatable bonds is 2. The normalized spacial score (nSPS) is 11.4. The first-order chi connectivity index (χ1) is 4.41. The van der Waals surface area contributed by atoms with Crippen molar-refractivity contribution in [2.45, 2.75) is 5.92 Å². The first-order valence-electron chi connectivity index (χ1n) is 2.07. The van der Waals surface area contributed by atoms with Gasteiger partial charge in [0.2, 0.25) is 5.83 Å². The zero-order valence-electron chi connectivity index (χ0n) is 4.47. The van der Waals surface area contributed by atoms with E-state index < -0.39 is 24.5 Å². The van der Waals surface area contributed by atoms with E-state index in [1.807, 2.05) is 0 Å². The van der Waals surface area contributed by atoms with Gasteiger partial charge in [0, 0.05) is 0 Å². The van der Waals surface area contributed by atoms with Gasteiger partial charge in [0.15, 0.2) is 6.67 Å². The van der Waals surface area contributed by atoms with E-state index >= 15 is 0 Å². The fourth-order valence-corrected chi connectivity index (χ4v) is 0.197. The zero-order chi connectivity index (χ0) is 8.36. The number of hydrogen-bond donors (Lipinski definition) is 0. The van der Waals surface area contributed by atoms with Crippen molar-refractivity contribution in [3.8, 4) is 0 Å². The van der Waals surface area contributed by atoms with Crippen LogP contribution in [0.5, 0.6) is 0 Å². The Morgan fingerprint density at radius 1 is 1.10 bits per heavy atom. The van der Waals surface area contributed by atoms with Gasteiger partial charge >= 0.3 is 12.0 Å². The summed E-state index contributed by atoms with van der Waals surface area (Å²) in [4.78, 5) is 0. The van der Waals surface area contributed by atoms with Crippen LogP contribution in [0.1, 0.15) is 0 Å². The van der Waals surface area contributed by atoms with Gasteiger partial charge in [0.1, 0.15) is 0 Å². The topological polar surface area (TPSA) is 0 Å². The van der Waals surface area contributed by atoms with Gasteiger partial charge in [0.05, 0.1) is 0 Å². The molecular formula is C4H2F6. The van der Waals surface area contributed by atoms with E-state index in [2.05, 4.69) is 0 Å². The van der Waals surface area contributed by atoms with E-state index in [0.717, 1.165) is 0 Å². The highest BCUT2D eigenvalue weighted by Gasteiger charge is 2.39. The van der Waals surface area contributed by atoms with Crippen molar-refractivity contribution in [2.24, 2.45) is 0 Å². The molecule has 0 aliphatic rings. The second kappa shape index (κ2) is 2.94. The molecule has 0 saturated heterocycles. The van der Waals surface area contributed by atoms with E-state index in [1.54, 1.807) is 0 Å². The van der Waals surface area contributed by atoms with Crippen molar-refractivity contribution in [3.63, 3.8) is 0 Å². The van der Waals surface area contributed by atoms with Crippen LogP contribution in [0.15, 0.2) is 11.9 Å². The van der Waals surface area contributed by atoms with Gasteiger partial charge in [-0.25, -0.2) is 4.39 Å². The minimum absolute atomic E-state index is 2.46. The molecule has 0 aromatic heterocycles. The van der Waals surface area contributed by atoms with Gasteiger partial charge < -0.3 is 0 Å². The lowest BCUT2D eigenvalue weighted by Crippen LogP contribution is -2.19. The molecule has 6 heteroatoms. The number of alkyl halides is 3. The third kappa shape index (κ3) is 1.93. The molecule has 0 unspecified atom stereocenters. The Morgan fingerprint density at radius 3 is 1.60 bits per heavy atom. The number of hydrogen-bond acceptors (Lipinski definition) is 0. The van der Waals surface area contributed by atoms with Gasteiger partial charge in [-0.05, 0) is 0 Å². The van der Waals surface area contributed by atoms with E-state index in [1.165, 1.54) is 0 Å². The zero-order valence-corrected chi connectivity index (χ0v) is 4.47. The molecule has 0 saturated carbocycles. The average Bonchev–Trinajstić information content (AvgIpc) is 1.86. The Bertz CT molecular complexity index is 144. The van der Waals surface area contributed by atoms with E-state index in [-0.39, 0.29) is 0 Å². The second-order valence-electron chi connectivity index (χ2n) is 1.41. The summed E-state index contributed by atoms with van der Waals surface area (Å²) in [6, 6.07) is 0. The molecular weight excluding hydrogens is 162 g/mol. The fourth-order valence-electron chi connectivity index (χ4n) is 0.197. The predicted octanol–water partition coefficient (Wildman–Crippen LogP) is 2.67. The molecule has 0 bridgehead atoms. The van der Waals surface area contributed by atoms with E-state index in [4.69, 9.17) is 0 Å². The number of allylic oxidation sites excluding steroid dienone is 1. The molecule has 10 heavy (non-hydrogen) atoms. The van der Waals surface area contributed by atoms with Gasteiger partial charge in [-0.1, -0.05) is 0 Å². The number of halogens is 6. The molecule has 0 nitrogen and oxygen atoms in total. The highest BCUT2D eigenvalue weighted by molar-refractivity contribution is 5.04. The molecule has 0 atom stereocenters. The minimum atomic E-state index is -4.68. The van der Waals surface area contributed by atoms with Crippen LogP contribution in [-0.2, 0) is 0 Å². The minimum Gasteiger partial charge on any atom is -0.244 e. The third-order valence-corrected chi connectivity index (χ3v) is 0.655. The summed E-state index contributed by atoms with van der Waals surface area (Å²) in [7, 11) is 0. The maximum Gasteiger partial charge on any atom is 0.331 e. The van der Waals surface area contributed by atoms with E-state index in [0.29, 0.717) is 0 Å². The van der Waals surface area contributed by atoms with Crippen molar-refractivity contribution in [3.05, 3.63) is 11.9 Å². The molecule has 0 radical (unpaired) electrons. The lowest BCUT2D eigenvalue weighted by Gasteiger charge is -2.06. The Kier molecular flexibility index (Phi) is 2.74. The third-order valence-electron chi connectivity index (χ3n) is 0.655. The largest absolute Gasteiger partial charge is 0.331 e. The van der Waals surface area contributed by atoms with Crippen LogP contribution in [0.2, 0.25) is 0 Å². The molecule has 0 heterocycles. The van der Waals surface area contributed by atoms with Crippen LogP contribution in [0.4, 0.5) is 26.3 Å². The average molecular weight is 164 g/mol. The van der Waals surface area contributed by atoms with Crippen molar-refractivity contribution >= 4 is 0 Å². The Balaban J connectivity index is 4.49. The fraction of sp³-hybridized carbons (Fsp3) is 0.500. The van der Waals surface area contributed by atoms with Gasteiger partial charge in [-0.3, -0.25) is 0 Å². The lowest BCUT2D eigenvalue weighted by molar-refractivity contribution is -0.0118.